The Morgan fingerprint density at radius 1 is 1.13 bits per heavy atom. The number of carbonyl (C=O) groups excluding carboxylic acids is 2. The normalized spacial score (nSPS) is 19.1. The standard InChI is InChI=1S/C26H26FNO2/c1-5-18-14-26(24(29)25(28)30,23-12-7-9-16(3)17(23)4)15-22(18)21(6-2)19-10-8-11-20(27)13-19/h5-13H,1,14-15H2,2-4H3,(H2,28,30)/b21-6+/t26-/m0/s1. The second kappa shape index (κ2) is 8.23. The number of carbonyl (C=O) groups is 2. The Morgan fingerprint density at radius 2 is 1.83 bits per heavy atom. The predicted octanol–water partition coefficient (Wildman–Crippen LogP) is 5.11. The summed E-state index contributed by atoms with van der Waals surface area (Å²) in [5.74, 6) is -1.90. The topological polar surface area (TPSA) is 60.2 Å². The van der Waals surface area contributed by atoms with Gasteiger partial charge in [0.25, 0.3) is 5.91 Å². The summed E-state index contributed by atoms with van der Waals surface area (Å²) < 4.78 is 13.9. The zero-order chi connectivity index (χ0) is 22.1. The van der Waals surface area contributed by atoms with Crippen LogP contribution in [0.5, 0.6) is 0 Å². The molecule has 1 atom stereocenters. The van der Waals surface area contributed by atoms with Crippen LogP contribution in [0.3, 0.4) is 0 Å². The van der Waals surface area contributed by atoms with Crippen molar-refractivity contribution in [2.75, 3.05) is 0 Å². The number of hydrogen-bond donors (Lipinski definition) is 1. The minimum atomic E-state index is -1.09. The lowest BCUT2D eigenvalue weighted by Crippen LogP contribution is -2.43. The lowest BCUT2D eigenvalue weighted by molar-refractivity contribution is -0.139. The number of Topliss-reactive ketones (excluding diaryl/α,β-unsaturated/α-hetero) is 1. The molecule has 0 aromatic heterocycles. The third-order valence-electron chi connectivity index (χ3n) is 6.13. The molecule has 0 saturated carbocycles. The van der Waals surface area contributed by atoms with Gasteiger partial charge in [0.2, 0.25) is 5.78 Å². The smallest absolute Gasteiger partial charge is 0.285 e. The van der Waals surface area contributed by atoms with E-state index in [1.165, 1.54) is 12.1 Å². The molecule has 0 unspecified atom stereocenters. The number of nitrogens with two attached hydrogens (primary N) is 1. The first-order valence-corrected chi connectivity index (χ1v) is 9.93. The maximum Gasteiger partial charge on any atom is 0.285 e. The molecule has 0 radical (unpaired) electrons. The van der Waals surface area contributed by atoms with E-state index in [1.807, 2.05) is 51.1 Å². The molecule has 0 heterocycles. The largest absolute Gasteiger partial charge is 0.363 e. The summed E-state index contributed by atoms with van der Waals surface area (Å²) in [7, 11) is 0. The minimum Gasteiger partial charge on any atom is -0.363 e. The lowest BCUT2D eigenvalue weighted by Gasteiger charge is -2.30. The molecule has 1 aliphatic carbocycles. The minimum absolute atomic E-state index is 0.302. The fraction of sp³-hybridized carbons (Fsp3) is 0.231. The van der Waals surface area contributed by atoms with Crippen LogP contribution in [0.15, 0.2) is 72.3 Å². The summed E-state index contributed by atoms with van der Waals surface area (Å²) in [5, 5.41) is 0. The second-order valence-electron chi connectivity index (χ2n) is 7.80. The van der Waals surface area contributed by atoms with Gasteiger partial charge in [0.15, 0.2) is 0 Å². The molecule has 2 N–H and O–H groups in total. The third-order valence-corrected chi connectivity index (χ3v) is 6.13. The van der Waals surface area contributed by atoms with Gasteiger partial charge in [0.1, 0.15) is 5.82 Å². The van der Waals surface area contributed by atoms with Crippen molar-refractivity contribution in [3.8, 4) is 0 Å². The molecule has 154 valence electrons. The number of primary amides is 1. The molecule has 0 fully saturated rings. The third kappa shape index (κ3) is 3.54. The highest BCUT2D eigenvalue weighted by Gasteiger charge is 2.49. The Morgan fingerprint density at radius 3 is 2.43 bits per heavy atom. The summed E-state index contributed by atoms with van der Waals surface area (Å²) in [5.41, 5.74) is 10.5. The fourth-order valence-corrected chi connectivity index (χ4v) is 4.52. The van der Waals surface area contributed by atoms with Crippen LogP contribution < -0.4 is 5.73 Å². The monoisotopic (exact) mass is 403 g/mol. The van der Waals surface area contributed by atoms with Gasteiger partial charge in [0, 0.05) is 0 Å². The summed E-state index contributed by atoms with van der Waals surface area (Å²) in [6, 6.07) is 12.1. The molecule has 4 heteroatoms. The van der Waals surface area contributed by atoms with Crippen LogP contribution >= 0.6 is 0 Å². The molecular weight excluding hydrogens is 377 g/mol. The van der Waals surface area contributed by atoms with E-state index in [4.69, 9.17) is 5.73 Å². The zero-order valence-corrected chi connectivity index (χ0v) is 17.6. The van der Waals surface area contributed by atoms with Gasteiger partial charge in [-0.25, -0.2) is 4.39 Å². The molecular formula is C26H26FNO2. The van der Waals surface area contributed by atoms with Crippen molar-refractivity contribution in [2.24, 2.45) is 5.73 Å². The number of allylic oxidation sites excluding steroid dienone is 5. The van der Waals surface area contributed by atoms with Crippen LogP contribution in [-0.4, -0.2) is 11.7 Å². The van der Waals surface area contributed by atoms with E-state index in [0.717, 1.165) is 39.0 Å². The SMILES string of the molecule is C=CC1=C(/C(=C/C)c2cccc(F)c2)C[C@](C(=O)C(N)=O)(c2cccc(C)c2C)C1. The average Bonchev–Trinajstić information content (AvgIpc) is 3.10. The van der Waals surface area contributed by atoms with Crippen LogP contribution in [0.2, 0.25) is 0 Å². The van der Waals surface area contributed by atoms with Crippen molar-refractivity contribution < 1.29 is 14.0 Å². The Kier molecular flexibility index (Phi) is 5.88. The van der Waals surface area contributed by atoms with Crippen molar-refractivity contribution >= 4 is 17.3 Å². The number of halogens is 1. The molecule has 30 heavy (non-hydrogen) atoms. The summed E-state index contributed by atoms with van der Waals surface area (Å²) >= 11 is 0. The van der Waals surface area contributed by atoms with Gasteiger partial charge in [-0.15, -0.1) is 0 Å². The molecule has 3 nitrogen and oxygen atoms in total. The Labute approximate surface area is 176 Å². The van der Waals surface area contributed by atoms with Crippen LogP contribution in [0.25, 0.3) is 5.57 Å². The first-order chi connectivity index (χ1) is 14.2. The van der Waals surface area contributed by atoms with Crippen molar-refractivity contribution in [3.05, 3.63) is 100 Å². The van der Waals surface area contributed by atoms with E-state index in [2.05, 4.69) is 6.58 Å². The van der Waals surface area contributed by atoms with E-state index in [0.29, 0.717) is 12.8 Å². The quantitative estimate of drug-likeness (QED) is 0.681. The highest BCUT2D eigenvalue weighted by atomic mass is 19.1. The van der Waals surface area contributed by atoms with E-state index in [1.54, 1.807) is 12.1 Å². The molecule has 2 aromatic rings. The zero-order valence-electron chi connectivity index (χ0n) is 17.6. The number of benzene rings is 2. The molecule has 1 aliphatic rings. The highest BCUT2D eigenvalue weighted by Crippen LogP contribution is 2.50. The van der Waals surface area contributed by atoms with Crippen LogP contribution in [0.4, 0.5) is 4.39 Å². The number of amides is 1. The number of ketones is 1. The molecule has 1 amide bonds. The van der Waals surface area contributed by atoms with Gasteiger partial charge in [-0.05, 0) is 84.7 Å². The maximum absolute atomic E-state index is 13.9. The van der Waals surface area contributed by atoms with Gasteiger partial charge in [-0.1, -0.05) is 49.1 Å². The van der Waals surface area contributed by atoms with Crippen molar-refractivity contribution in [2.45, 2.75) is 39.0 Å². The maximum atomic E-state index is 13.9. The first-order valence-electron chi connectivity index (χ1n) is 9.93. The van der Waals surface area contributed by atoms with Crippen molar-refractivity contribution in [1.82, 2.24) is 0 Å². The Balaban J connectivity index is 2.20. The number of hydrogen-bond acceptors (Lipinski definition) is 2. The lowest BCUT2D eigenvalue weighted by atomic mass is 9.70. The van der Waals surface area contributed by atoms with Crippen LogP contribution in [0, 0.1) is 19.7 Å². The van der Waals surface area contributed by atoms with Gasteiger partial charge in [0.05, 0.1) is 5.41 Å². The number of aryl methyl sites for hydroxylation is 1. The first kappa shape index (κ1) is 21.4. The van der Waals surface area contributed by atoms with Crippen LogP contribution in [-0.2, 0) is 15.0 Å². The average molecular weight is 403 g/mol. The predicted molar refractivity (Wildman–Crippen MR) is 118 cm³/mol. The number of rotatable bonds is 6. The van der Waals surface area contributed by atoms with E-state index in [-0.39, 0.29) is 5.82 Å². The fourth-order valence-electron chi connectivity index (χ4n) is 4.52. The summed E-state index contributed by atoms with van der Waals surface area (Å²) in [6.07, 6.45) is 4.25. The van der Waals surface area contributed by atoms with Crippen molar-refractivity contribution in [1.29, 1.82) is 0 Å². The molecule has 0 aliphatic heterocycles. The van der Waals surface area contributed by atoms with Crippen molar-refractivity contribution in [3.63, 3.8) is 0 Å². The van der Waals surface area contributed by atoms with Gasteiger partial charge in [-0.3, -0.25) is 9.59 Å². The molecule has 0 spiro atoms. The van der Waals surface area contributed by atoms with Gasteiger partial charge < -0.3 is 5.73 Å². The van der Waals surface area contributed by atoms with E-state index in [9.17, 15) is 14.0 Å². The highest BCUT2D eigenvalue weighted by molar-refractivity contribution is 6.39. The van der Waals surface area contributed by atoms with Gasteiger partial charge in [-0.2, -0.15) is 0 Å². The molecule has 0 saturated heterocycles. The molecule has 0 bridgehead atoms. The van der Waals surface area contributed by atoms with E-state index >= 15 is 0 Å². The Bertz CT molecular complexity index is 1110. The van der Waals surface area contributed by atoms with E-state index < -0.39 is 17.1 Å². The van der Waals surface area contributed by atoms with Crippen LogP contribution in [0.1, 0.15) is 42.0 Å². The second-order valence-corrected chi connectivity index (χ2v) is 7.80. The van der Waals surface area contributed by atoms with Gasteiger partial charge >= 0.3 is 0 Å². The Hall–Kier alpha value is -3.27. The summed E-state index contributed by atoms with van der Waals surface area (Å²) in [4.78, 5) is 25.3. The molecule has 2 aromatic carbocycles. The summed E-state index contributed by atoms with van der Waals surface area (Å²) in [6.45, 7) is 9.74. The molecule has 3 rings (SSSR count).